The number of carboxylic acids is 1. The number of rotatable bonds is 5. The predicted molar refractivity (Wildman–Crippen MR) is 65.1 cm³/mol. The summed E-state index contributed by atoms with van der Waals surface area (Å²) in [5.41, 5.74) is 0.00997. The van der Waals surface area contributed by atoms with Crippen molar-refractivity contribution in [2.75, 3.05) is 11.9 Å². The Bertz CT molecular complexity index is 447. The summed E-state index contributed by atoms with van der Waals surface area (Å²) in [6.45, 7) is 1.03. The summed E-state index contributed by atoms with van der Waals surface area (Å²) in [6.07, 6.45) is 0. The Kier molecular flexibility index (Phi) is 4.91. The molecule has 0 saturated carbocycles. The van der Waals surface area contributed by atoms with Gasteiger partial charge in [0.25, 0.3) is 0 Å². The van der Waals surface area contributed by atoms with Crippen LogP contribution in [0.4, 0.5) is 10.1 Å². The van der Waals surface area contributed by atoms with Gasteiger partial charge in [0.2, 0.25) is 5.91 Å². The summed E-state index contributed by atoms with van der Waals surface area (Å²) in [5, 5.41) is 13.8. The molecule has 3 N–H and O–H groups in total. The molecule has 0 aromatic heterocycles. The largest absolute Gasteiger partial charge is 0.480 e. The van der Waals surface area contributed by atoms with Crippen molar-refractivity contribution in [1.29, 1.82) is 0 Å². The molecule has 1 unspecified atom stereocenters. The molecule has 0 bridgehead atoms. The number of carbonyl (C=O) groups excluding carboxylic acids is 1. The molecular weight excluding hydrogens is 263 g/mol. The molecule has 1 amide bonds. The van der Waals surface area contributed by atoms with E-state index in [0.29, 0.717) is 0 Å². The van der Waals surface area contributed by atoms with E-state index in [1.54, 1.807) is 0 Å². The monoisotopic (exact) mass is 274 g/mol. The minimum atomic E-state index is -1.22. The lowest BCUT2D eigenvalue weighted by atomic mass is 10.2. The number of hydrogen-bond donors (Lipinski definition) is 3. The first-order chi connectivity index (χ1) is 8.41. The molecule has 0 aliphatic heterocycles. The van der Waals surface area contributed by atoms with Crippen LogP contribution in [-0.4, -0.2) is 29.6 Å². The molecule has 1 aromatic rings. The number of carboxylic acid groups (broad SMARTS) is 1. The maximum atomic E-state index is 13.4. The molecular formula is C11H12ClFN2O3. The molecule has 7 heteroatoms. The van der Waals surface area contributed by atoms with E-state index in [9.17, 15) is 14.0 Å². The van der Waals surface area contributed by atoms with Crippen molar-refractivity contribution >= 4 is 29.2 Å². The quantitative estimate of drug-likeness (QED) is 0.760. The van der Waals surface area contributed by atoms with Crippen LogP contribution in [0.5, 0.6) is 0 Å². The highest BCUT2D eigenvalue weighted by Crippen LogP contribution is 2.24. The normalized spacial score (nSPS) is 11.7. The average molecular weight is 275 g/mol. The third-order valence-electron chi connectivity index (χ3n) is 2.12. The molecule has 18 heavy (non-hydrogen) atoms. The van der Waals surface area contributed by atoms with Crippen molar-refractivity contribution < 1.29 is 19.1 Å². The zero-order valence-electron chi connectivity index (χ0n) is 9.54. The third kappa shape index (κ3) is 3.89. The van der Waals surface area contributed by atoms with Gasteiger partial charge in [-0.3, -0.25) is 4.79 Å². The molecule has 0 aliphatic carbocycles. The molecule has 1 atom stereocenters. The van der Waals surface area contributed by atoms with Crippen LogP contribution in [0.1, 0.15) is 6.92 Å². The SMILES string of the molecule is CC(=O)NC(CNc1c(F)cccc1Cl)C(=O)O. The zero-order chi connectivity index (χ0) is 13.7. The van der Waals surface area contributed by atoms with Crippen LogP contribution in [0, 0.1) is 5.82 Å². The Balaban J connectivity index is 2.73. The standard InChI is InChI=1S/C11H12ClFN2O3/c1-6(16)15-9(11(17)18)5-14-10-7(12)3-2-4-8(10)13/h2-4,9,14H,5H2,1H3,(H,15,16)(H,17,18). The Morgan fingerprint density at radius 2 is 2.17 bits per heavy atom. The lowest BCUT2D eigenvalue weighted by Crippen LogP contribution is -2.44. The Morgan fingerprint density at radius 1 is 1.50 bits per heavy atom. The number of anilines is 1. The smallest absolute Gasteiger partial charge is 0.328 e. The van der Waals surface area contributed by atoms with Gasteiger partial charge in [-0.2, -0.15) is 0 Å². The summed E-state index contributed by atoms with van der Waals surface area (Å²) >= 11 is 5.76. The first-order valence-corrected chi connectivity index (χ1v) is 5.47. The number of carbonyl (C=O) groups is 2. The topological polar surface area (TPSA) is 78.4 Å². The highest BCUT2D eigenvalue weighted by atomic mass is 35.5. The molecule has 0 heterocycles. The average Bonchev–Trinajstić information content (AvgIpc) is 2.26. The van der Waals surface area contributed by atoms with Crippen LogP contribution in [0.15, 0.2) is 18.2 Å². The van der Waals surface area contributed by atoms with Gasteiger partial charge in [-0.1, -0.05) is 17.7 Å². The number of nitrogens with one attached hydrogen (secondary N) is 2. The van der Waals surface area contributed by atoms with Gasteiger partial charge < -0.3 is 15.7 Å². The highest BCUT2D eigenvalue weighted by Gasteiger charge is 2.19. The number of hydrogen-bond acceptors (Lipinski definition) is 3. The van der Waals surface area contributed by atoms with E-state index >= 15 is 0 Å². The van der Waals surface area contributed by atoms with Gasteiger partial charge >= 0.3 is 5.97 Å². The Labute approximate surface area is 108 Å². The first-order valence-electron chi connectivity index (χ1n) is 5.09. The molecule has 0 fully saturated rings. The summed E-state index contributed by atoms with van der Waals surface area (Å²) in [4.78, 5) is 21.6. The van der Waals surface area contributed by atoms with Gasteiger partial charge in [-0.25, -0.2) is 9.18 Å². The fraction of sp³-hybridized carbons (Fsp3) is 0.273. The molecule has 0 spiro atoms. The summed E-state index contributed by atoms with van der Waals surface area (Å²) < 4.78 is 13.4. The van der Waals surface area contributed by atoms with Gasteiger partial charge in [0, 0.05) is 13.5 Å². The molecule has 5 nitrogen and oxygen atoms in total. The molecule has 0 saturated heterocycles. The van der Waals surface area contributed by atoms with Crippen molar-refractivity contribution in [1.82, 2.24) is 5.32 Å². The first kappa shape index (κ1) is 14.2. The minimum absolute atomic E-state index is 0.00997. The molecule has 1 rings (SSSR count). The van der Waals surface area contributed by atoms with Crippen molar-refractivity contribution in [3.05, 3.63) is 29.0 Å². The minimum Gasteiger partial charge on any atom is -0.480 e. The number of para-hydroxylation sites is 1. The van der Waals surface area contributed by atoms with E-state index in [2.05, 4.69) is 10.6 Å². The van der Waals surface area contributed by atoms with E-state index in [1.807, 2.05) is 0 Å². The highest BCUT2D eigenvalue weighted by molar-refractivity contribution is 6.33. The van der Waals surface area contributed by atoms with Crippen LogP contribution in [0.25, 0.3) is 0 Å². The van der Waals surface area contributed by atoms with Crippen molar-refractivity contribution in [2.24, 2.45) is 0 Å². The van der Waals surface area contributed by atoms with E-state index < -0.39 is 23.7 Å². The van der Waals surface area contributed by atoms with E-state index in [-0.39, 0.29) is 17.3 Å². The summed E-state index contributed by atoms with van der Waals surface area (Å²) in [7, 11) is 0. The Hall–Kier alpha value is -1.82. The second-order valence-electron chi connectivity index (χ2n) is 3.57. The molecule has 1 aromatic carbocycles. The van der Waals surface area contributed by atoms with Crippen LogP contribution in [0.3, 0.4) is 0 Å². The molecule has 98 valence electrons. The van der Waals surface area contributed by atoms with Crippen LogP contribution < -0.4 is 10.6 Å². The fourth-order valence-electron chi connectivity index (χ4n) is 1.32. The number of benzene rings is 1. The second-order valence-corrected chi connectivity index (χ2v) is 3.98. The van der Waals surface area contributed by atoms with Gasteiger partial charge in [0.1, 0.15) is 11.9 Å². The number of amides is 1. The van der Waals surface area contributed by atoms with Gasteiger partial charge in [-0.15, -0.1) is 0 Å². The number of aliphatic carboxylic acids is 1. The van der Waals surface area contributed by atoms with Gasteiger partial charge in [-0.05, 0) is 12.1 Å². The van der Waals surface area contributed by atoms with E-state index in [1.165, 1.54) is 25.1 Å². The maximum absolute atomic E-state index is 13.4. The van der Waals surface area contributed by atoms with Crippen molar-refractivity contribution in [3.8, 4) is 0 Å². The van der Waals surface area contributed by atoms with Crippen molar-refractivity contribution in [3.63, 3.8) is 0 Å². The van der Waals surface area contributed by atoms with Gasteiger partial charge in [0.05, 0.1) is 10.7 Å². The van der Waals surface area contributed by atoms with Crippen LogP contribution in [0.2, 0.25) is 5.02 Å². The lowest BCUT2D eigenvalue weighted by molar-refractivity contribution is -0.141. The maximum Gasteiger partial charge on any atom is 0.328 e. The zero-order valence-corrected chi connectivity index (χ0v) is 10.3. The molecule has 0 aliphatic rings. The van der Waals surface area contributed by atoms with Crippen LogP contribution >= 0.6 is 11.6 Å². The predicted octanol–water partition coefficient (Wildman–Crippen LogP) is 1.48. The fourth-order valence-corrected chi connectivity index (χ4v) is 1.55. The third-order valence-corrected chi connectivity index (χ3v) is 2.44. The van der Waals surface area contributed by atoms with Crippen LogP contribution in [-0.2, 0) is 9.59 Å². The van der Waals surface area contributed by atoms with E-state index in [4.69, 9.17) is 16.7 Å². The number of halogens is 2. The summed E-state index contributed by atoms with van der Waals surface area (Å²) in [5.74, 6) is -2.29. The lowest BCUT2D eigenvalue weighted by Gasteiger charge is -2.15. The Morgan fingerprint density at radius 3 is 2.67 bits per heavy atom. The van der Waals surface area contributed by atoms with Gasteiger partial charge in [0.15, 0.2) is 0 Å². The van der Waals surface area contributed by atoms with Crippen molar-refractivity contribution in [2.45, 2.75) is 13.0 Å². The molecule has 0 radical (unpaired) electrons. The summed E-state index contributed by atoms with van der Waals surface area (Å²) in [6, 6.07) is 2.95. The second kappa shape index (κ2) is 6.20. The van der Waals surface area contributed by atoms with E-state index in [0.717, 1.165) is 0 Å².